The molecule has 8 nitrogen and oxygen atoms in total. The molecule has 3 rings (SSSR count). The molecule has 3 aromatic rings. The average molecular weight is 388 g/mol. The lowest BCUT2D eigenvalue weighted by atomic mass is 10.3. The Morgan fingerprint density at radius 1 is 1.15 bits per heavy atom. The van der Waals surface area contributed by atoms with Crippen LogP contribution in [0.3, 0.4) is 0 Å². The Morgan fingerprint density at radius 3 is 2.69 bits per heavy atom. The number of anilines is 2. The molecule has 2 aromatic heterocycles. The van der Waals surface area contributed by atoms with Gasteiger partial charge in [0, 0.05) is 24.3 Å². The number of hydrogen-bond acceptors (Lipinski definition) is 7. The van der Waals surface area contributed by atoms with Crippen LogP contribution in [-0.2, 0) is 23.1 Å². The largest absolute Gasteiger partial charge is 0.326 e. The lowest BCUT2D eigenvalue weighted by Gasteiger charge is -2.05. The number of nitrogens with zero attached hydrogens (tertiary/aromatic N) is 4. The molecule has 134 valence electrons. The van der Waals surface area contributed by atoms with Crippen molar-refractivity contribution in [1.29, 1.82) is 0 Å². The Bertz CT molecular complexity index is 880. The predicted molar refractivity (Wildman–Crippen MR) is 101 cm³/mol. The van der Waals surface area contributed by atoms with Gasteiger partial charge in [0.25, 0.3) is 0 Å². The van der Waals surface area contributed by atoms with Gasteiger partial charge in [0.1, 0.15) is 5.82 Å². The molecule has 0 aliphatic heterocycles. The quantitative estimate of drug-likeness (QED) is 0.602. The minimum atomic E-state index is -0.176. The van der Waals surface area contributed by atoms with Crippen LogP contribution in [0.4, 0.5) is 10.8 Å². The van der Waals surface area contributed by atoms with Crippen LogP contribution >= 0.6 is 23.1 Å². The molecule has 10 heteroatoms. The Labute approximate surface area is 158 Å². The van der Waals surface area contributed by atoms with E-state index in [1.54, 1.807) is 23.2 Å². The number of para-hydroxylation sites is 1. The van der Waals surface area contributed by atoms with Crippen molar-refractivity contribution in [3.63, 3.8) is 0 Å². The van der Waals surface area contributed by atoms with Gasteiger partial charge in [-0.1, -0.05) is 30.0 Å². The molecule has 0 fully saturated rings. The van der Waals surface area contributed by atoms with Gasteiger partial charge in [0.05, 0.1) is 12.2 Å². The minimum Gasteiger partial charge on any atom is -0.326 e. The summed E-state index contributed by atoms with van der Waals surface area (Å²) < 4.78 is 1.71. The molecule has 0 bridgehead atoms. The maximum atomic E-state index is 12.1. The number of amides is 2. The van der Waals surface area contributed by atoms with E-state index in [0.29, 0.717) is 16.1 Å². The number of thioether (sulfide) groups is 1. The third-order valence-electron chi connectivity index (χ3n) is 3.31. The zero-order valence-corrected chi connectivity index (χ0v) is 15.5. The van der Waals surface area contributed by atoms with E-state index in [4.69, 9.17) is 0 Å². The van der Waals surface area contributed by atoms with Crippen molar-refractivity contribution in [2.45, 2.75) is 11.6 Å². The summed E-state index contributed by atoms with van der Waals surface area (Å²) in [6.07, 6.45) is 1.73. The monoisotopic (exact) mass is 388 g/mol. The molecule has 0 saturated heterocycles. The number of rotatable bonds is 7. The van der Waals surface area contributed by atoms with Crippen LogP contribution in [0, 0.1) is 0 Å². The number of aromatic nitrogens is 4. The third kappa shape index (κ3) is 4.90. The fourth-order valence-electron chi connectivity index (χ4n) is 2.07. The topological polar surface area (TPSA) is 102 Å². The maximum Gasteiger partial charge on any atom is 0.236 e. The molecule has 0 radical (unpaired) electrons. The zero-order chi connectivity index (χ0) is 18.4. The molecule has 2 heterocycles. The van der Waals surface area contributed by atoms with Crippen molar-refractivity contribution in [3.8, 4) is 0 Å². The standard InChI is InChI=1S/C16H16N6O2S2/c1-22-12(9-13(23)18-11-5-3-2-4-6-11)20-21-16(22)26-10-14(24)19-15-17-7-8-25-15/h2-8H,9-10H2,1H3,(H,18,23)(H,17,19,24). The molecule has 26 heavy (non-hydrogen) atoms. The summed E-state index contributed by atoms with van der Waals surface area (Å²) in [4.78, 5) is 28.0. The Morgan fingerprint density at radius 2 is 1.96 bits per heavy atom. The molecule has 2 N–H and O–H groups in total. The van der Waals surface area contributed by atoms with E-state index in [1.807, 2.05) is 30.3 Å². The van der Waals surface area contributed by atoms with Gasteiger partial charge in [-0.05, 0) is 12.1 Å². The molecular formula is C16H16N6O2S2. The second kappa shape index (κ2) is 8.59. The summed E-state index contributed by atoms with van der Waals surface area (Å²) in [5.41, 5.74) is 0.730. The van der Waals surface area contributed by atoms with E-state index in [2.05, 4.69) is 25.8 Å². The minimum absolute atomic E-state index is 0.101. The van der Waals surface area contributed by atoms with E-state index >= 15 is 0 Å². The first-order valence-electron chi connectivity index (χ1n) is 7.67. The van der Waals surface area contributed by atoms with E-state index < -0.39 is 0 Å². The molecule has 1 aromatic carbocycles. The van der Waals surface area contributed by atoms with Crippen molar-refractivity contribution in [3.05, 3.63) is 47.7 Å². The lowest BCUT2D eigenvalue weighted by Crippen LogP contribution is -2.17. The van der Waals surface area contributed by atoms with Crippen LogP contribution in [-0.4, -0.2) is 37.3 Å². The smallest absolute Gasteiger partial charge is 0.236 e. The highest BCUT2D eigenvalue weighted by molar-refractivity contribution is 7.99. The van der Waals surface area contributed by atoms with Crippen LogP contribution in [0.15, 0.2) is 47.1 Å². The molecular weight excluding hydrogens is 372 g/mol. The van der Waals surface area contributed by atoms with Crippen molar-refractivity contribution in [2.24, 2.45) is 7.05 Å². The van der Waals surface area contributed by atoms with Crippen molar-refractivity contribution in [1.82, 2.24) is 19.7 Å². The summed E-state index contributed by atoms with van der Waals surface area (Å²) in [6.45, 7) is 0. The number of carbonyl (C=O) groups excluding carboxylic acids is 2. The van der Waals surface area contributed by atoms with E-state index in [9.17, 15) is 9.59 Å². The Balaban J connectivity index is 1.52. The SMILES string of the molecule is Cn1c(CC(=O)Nc2ccccc2)nnc1SCC(=O)Nc1nccs1. The molecule has 0 spiro atoms. The second-order valence-corrected chi connectivity index (χ2v) is 7.06. The first-order chi connectivity index (χ1) is 12.6. The normalized spacial score (nSPS) is 10.5. The van der Waals surface area contributed by atoms with Gasteiger partial charge in [-0.2, -0.15) is 0 Å². The number of benzene rings is 1. The molecule has 0 atom stereocenters. The highest BCUT2D eigenvalue weighted by Crippen LogP contribution is 2.17. The maximum absolute atomic E-state index is 12.1. The van der Waals surface area contributed by atoms with Crippen LogP contribution in [0.5, 0.6) is 0 Å². The van der Waals surface area contributed by atoms with E-state index in [0.717, 1.165) is 5.69 Å². The molecule has 0 aliphatic rings. The fraction of sp³-hybridized carbons (Fsp3) is 0.188. The van der Waals surface area contributed by atoms with Gasteiger partial charge >= 0.3 is 0 Å². The first-order valence-corrected chi connectivity index (χ1v) is 9.53. The van der Waals surface area contributed by atoms with Gasteiger partial charge in [-0.15, -0.1) is 21.5 Å². The van der Waals surface area contributed by atoms with E-state index in [-0.39, 0.29) is 24.0 Å². The van der Waals surface area contributed by atoms with E-state index in [1.165, 1.54) is 23.1 Å². The lowest BCUT2D eigenvalue weighted by molar-refractivity contribution is -0.116. The van der Waals surface area contributed by atoms with Crippen LogP contribution in [0.1, 0.15) is 5.82 Å². The summed E-state index contributed by atoms with van der Waals surface area (Å²) in [5, 5.41) is 16.5. The molecule has 0 unspecified atom stereocenters. The Kier molecular flexibility index (Phi) is 5.97. The first kappa shape index (κ1) is 18.1. The van der Waals surface area contributed by atoms with Crippen molar-refractivity contribution < 1.29 is 9.59 Å². The summed E-state index contributed by atoms with van der Waals surface area (Å²) in [7, 11) is 1.77. The highest BCUT2D eigenvalue weighted by atomic mass is 32.2. The highest BCUT2D eigenvalue weighted by Gasteiger charge is 2.15. The zero-order valence-electron chi connectivity index (χ0n) is 13.9. The fourth-order valence-corrected chi connectivity index (χ4v) is 3.34. The number of nitrogens with one attached hydrogen (secondary N) is 2. The number of thiazole rings is 1. The molecule has 0 aliphatic carbocycles. The third-order valence-corrected chi connectivity index (χ3v) is 5.02. The summed E-state index contributed by atoms with van der Waals surface area (Å²) in [6, 6.07) is 9.22. The van der Waals surface area contributed by atoms with Crippen LogP contribution in [0.25, 0.3) is 0 Å². The van der Waals surface area contributed by atoms with Crippen molar-refractivity contribution in [2.75, 3.05) is 16.4 Å². The van der Waals surface area contributed by atoms with Crippen LogP contribution in [0.2, 0.25) is 0 Å². The van der Waals surface area contributed by atoms with Gasteiger partial charge < -0.3 is 15.2 Å². The second-order valence-electron chi connectivity index (χ2n) is 5.22. The van der Waals surface area contributed by atoms with Gasteiger partial charge in [-0.3, -0.25) is 9.59 Å². The molecule has 2 amide bonds. The van der Waals surface area contributed by atoms with Gasteiger partial charge in [-0.25, -0.2) is 4.98 Å². The predicted octanol–water partition coefficient (Wildman–Crippen LogP) is 2.18. The summed E-state index contributed by atoms with van der Waals surface area (Å²) >= 11 is 2.61. The Hall–Kier alpha value is -2.72. The molecule has 0 saturated carbocycles. The number of carbonyl (C=O) groups is 2. The van der Waals surface area contributed by atoms with Gasteiger partial charge in [0.15, 0.2) is 10.3 Å². The van der Waals surface area contributed by atoms with Crippen molar-refractivity contribution >= 4 is 45.7 Å². The van der Waals surface area contributed by atoms with Gasteiger partial charge in [0.2, 0.25) is 11.8 Å². The summed E-state index contributed by atoms with van der Waals surface area (Å²) in [5.74, 6) is 0.365. The average Bonchev–Trinajstić information content (AvgIpc) is 3.25. The number of hydrogen-bond donors (Lipinski definition) is 2. The van der Waals surface area contributed by atoms with Crippen LogP contribution < -0.4 is 10.6 Å².